The zero-order valence-electron chi connectivity index (χ0n) is 13.0. The standard InChI is InChI=1S/C17H22ClNO3/c1-12(2)7-10-22-16-8-9-21-11-15(16)19-17(20)13-3-5-14(18)6-4-13/h3-7,15-16H,8-11H2,1-2H3,(H,19,20)/t15-,16+/m0/s1. The molecule has 2 rings (SSSR count). The Morgan fingerprint density at radius 2 is 2.14 bits per heavy atom. The fourth-order valence-corrected chi connectivity index (χ4v) is 2.37. The summed E-state index contributed by atoms with van der Waals surface area (Å²) in [6, 6.07) is 6.69. The molecule has 1 fully saturated rings. The zero-order chi connectivity index (χ0) is 15.9. The molecule has 1 N–H and O–H groups in total. The molecule has 0 radical (unpaired) electrons. The van der Waals surface area contributed by atoms with Gasteiger partial charge in [-0.2, -0.15) is 0 Å². The molecule has 1 aliphatic heterocycles. The number of amides is 1. The van der Waals surface area contributed by atoms with Crippen molar-refractivity contribution in [2.75, 3.05) is 19.8 Å². The third-order valence-electron chi connectivity index (χ3n) is 3.52. The maximum absolute atomic E-state index is 12.3. The Morgan fingerprint density at radius 3 is 2.82 bits per heavy atom. The van der Waals surface area contributed by atoms with Gasteiger partial charge in [-0.25, -0.2) is 0 Å². The average molecular weight is 324 g/mol. The molecule has 4 nitrogen and oxygen atoms in total. The molecule has 1 aromatic carbocycles. The number of rotatable bonds is 5. The van der Waals surface area contributed by atoms with Gasteiger partial charge in [-0.15, -0.1) is 0 Å². The van der Waals surface area contributed by atoms with E-state index in [-0.39, 0.29) is 18.1 Å². The van der Waals surface area contributed by atoms with Crippen LogP contribution in [0, 0.1) is 0 Å². The number of hydrogen-bond donors (Lipinski definition) is 1. The van der Waals surface area contributed by atoms with E-state index >= 15 is 0 Å². The average Bonchev–Trinajstić information content (AvgIpc) is 2.49. The van der Waals surface area contributed by atoms with Crippen LogP contribution in [0.25, 0.3) is 0 Å². The van der Waals surface area contributed by atoms with Crippen molar-refractivity contribution in [1.29, 1.82) is 0 Å². The Kier molecular flexibility index (Phi) is 6.43. The van der Waals surface area contributed by atoms with Crippen LogP contribution in [0.2, 0.25) is 5.02 Å². The van der Waals surface area contributed by atoms with Crippen LogP contribution < -0.4 is 5.32 Å². The van der Waals surface area contributed by atoms with E-state index in [0.29, 0.717) is 30.4 Å². The van der Waals surface area contributed by atoms with Gasteiger partial charge in [-0.3, -0.25) is 4.79 Å². The lowest BCUT2D eigenvalue weighted by molar-refractivity contribution is -0.0457. The zero-order valence-corrected chi connectivity index (χ0v) is 13.7. The number of carbonyl (C=O) groups excluding carboxylic acids is 1. The Morgan fingerprint density at radius 1 is 1.41 bits per heavy atom. The van der Waals surface area contributed by atoms with E-state index in [0.717, 1.165) is 6.42 Å². The summed E-state index contributed by atoms with van der Waals surface area (Å²) >= 11 is 5.84. The molecule has 1 amide bonds. The van der Waals surface area contributed by atoms with E-state index in [1.54, 1.807) is 24.3 Å². The molecule has 2 atom stereocenters. The molecule has 1 heterocycles. The number of benzene rings is 1. The molecule has 1 saturated heterocycles. The predicted molar refractivity (Wildman–Crippen MR) is 87.3 cm³/mol. The van der Waals surface area contributed by atoms with Crippen molar-refractivity contribution in [3.8, 4) is 0 Å². The van der Waals surface area contributed by atoms with Crippen LogP contribution in [0.3, 0.4) is 0 Å². The van der Waals surface area contributed by atoms with Gasteiger partial charge in [0.05, 0.1) is 25.4 Å². The molecular weight excluding hydrogens is 302 g/mol. The number of hydrogen-bond acceptors (Lipinski definition) is 3. The van der Waals surface area contributed by atoms with Crippen LogP contribution >= 0.6 is 11.6 Å². The summed E-state index contributed by atoms with van der Waals surface area (Å²) in [5.41, 5.74) is 1.80. The molecule has 0 bridgehead atoms. The van der Waals surface area contributed by atoms with Crippen LogP contribution in [0.1, 0.15) is 30.6 Å². The molecule has 22 heavy (non-hydrogen) atoms. The van der Waals surface area contributed by atoms with E-state index in [2.05, 4.69) is 5.32 Å². The van der Waals surface area contributed by atoms with Gasteiger partial charge in [0.2, 0.25) is 0 Å². The highest BCUT2D eigenvalue weighted by Crippen LogP contribution is 2.14. The minimum atomic E-state index is -0.137. The molecule has 0 unspecified atom stereocenters. The Hall–Kier alpha value is -1.36. The van der Waals surface area contributed by atoms with Gasteiger partial charge in [0, 0.05) is 17.2 Å². The van der Waals surface area contributed by atoms with Gasteiger partial charge >= 0.3 is 0 Å². The number of carbonyl (C=O) groups is 1. The van der Waals surface area contributed by atoms with Crippen LogP contribution in [-0.2, 0) is 9.47 Å². The highest BCUT2D eigenvalue weighted by molar-refractivity contribution is 6.30. The van der Waals surface area contributed by atoms with E-state index in [1.165, 1.54) is 5.57 Å². The van der Waals surface area contributed by atoms with Gasteiger partial charge in [0.15, 0.2) is 0 Å². The fraction of sp³-hybridized carbons (Fsp3) is 0.471. The minimum Gasteiger partial charge on any atom is -0.379 e. The first-order valence-electron chi connectivity index (χ1n) is 7.45. The number of halogens is 1. The monoisotopic (exact) mass is 323 g/mol. The number of ether oxygens (including phenoxy) is 2. The highest BCUT2D eigenvalue weighted by Gasteiger charge is 2.28. The lowest BCUT2D eigenvalue weighted by Gasteiger charge is -2.31. The largest absolute Gasteiger partial charge is 0.379 e. The summed E-state index contributed by atoms with van der Waals surface area (Å²) in [5, 5.41) is 3.60. The summed E-state index contributed by atoms with van der Waals surface area (Å²) in [7, 11) is 0. The quantitative estimate of drug-likeness (QED) is 0.846. The molecule has 0 saturated carbocycles. The Balaban J connectivity index is 1.94. The summed E-state index contributed by atoms with van der Waals surface area (Å²) < 4.78 is 11.3. The molecule has 0 aromatic heterocycles. The van der Waals surface area contributed by atoms with Crippen LogP contribution in [0.15, 0.2) is 35.9 Å². The maximum atomic E-state index is 12.3. The van der Waals surface area contributed by atoms with Gasteiger partial charge < -0.3 is 14.8 Å². The Labute approximate surface area is 136 Å². The van der Waals surface area contributed by atoms with E-state index in [1.807, 2.05) is 19.9 Å². The number of nitrogens with one attached hydrogen (secondary N) is 1. The smallest absolute Gasteiger partial charge is 0.251 e. The fourth-order valence-electron chi connectivity index (χ4n) is 2.24. The lowest BCUT2D eigenvalue weighted by atomic mass is 10.1. The molecular formula is C17H22ClNO3. The molecule has 0 aliphatic carbocycles. The van der Waals surface area contributed by atoms with E-state index in [9.17, 15) is 4.79 Å². The number of allylic oxidation sites excluding steroid dienone is 1. The van der Waals surface area contributed by atoms with Crippen LogP contribution in [-0.4, -0.2) is 37.9 Å². The molecule has 5 heteroatoms. The Bertz CT molecular complexity index is 523. The van der Waals surface area contributed by atoms with Gasteiger partial charge in [0.1, 0.15) is 0 Å². The van der Waals surface area contributed by atoms with Crippen molar-refractivity contribution in [1.82, 2.24) is 5.32 Å². The summed E-state index contributed by atoms with van der Waals surface area (Å²) in [6.07, 6.45) is 2.79. The first-order valence-corrected chi connectivity index (χ1v) is 7.83. The maximum Gasteiger partial charge on any atom is 0.251 e. The topological polar surface area (TPSA) is 47.6 Å². The molecule has 120 valence electrons. The SMILES string of the molecule is CC(C)=CCO[C@@H]1CCOC[C@@H]1NC(=O)c1ccc(Cl)cc1. The van der Waals surface area contributed by atoms with Crippen molar-refractivity contribution in [3.05, 3.63) is 46.5 Å². The van der Waals surface area contributed by atoms with Crippen molar-refractivity contribution in [2.45, 2.75) is 32.4 Å². The summed E-state index contributed by atoms with van der Waals surface area (Å²) in [6.45, 7) is 5.76. The van der Waals surface area contributed by atoms with Gasteiger partial charge in [0.25, 0.3) is 5.91 Å². The van der Waals surface area contributed by atoms with Crippen molar-refractivity contribution >= 4 is 17.5 Å². The summed E-state index contributed by atoms with van der Waals surface area (Å²) in [4.78, 5) is 12.3. The molecule has 0 spiro atoms. The van der Waals surface area contributed by atoms with Gasteiger partial charge in [-0.05, 0) is 44.5 Å². The van der Waals surface area contributed by atoms with Crippen LogP contribution in [0.5, 0.6) is 0 Å². The van der Waals surface area contributed by atoms with E-state index in [4.69, 9.17) is 21.1 Å². The minimum absolute atomic E-state index is 0.0272. The molecule has 1 aromatic rings. The molecule has 1 aliphatic rings. The summed E-state index contributed by atoms with van der Waals surface area (Å²) in [5.74, 6) is -0.136. The van der Waals surface area contributed by atoms with E-state index < -0.39 is 0 Å². The highest BCUT2D eigenvalue weighted by atomic mass is 35.5. The van der Waals surface area contributed by atoms with Crippen LogP contribution in [0.4, 0.5) is 0 Å². The van der Waals surface area contributed by atoms with Gasteiger partial charge in [-0.1, -0.05) is 23.3 Å². The van der Waals surface area contributed by atoms with Crippen molar-refractivity contribution in [3.63, 3.8) is 0 Å². The second-order valence-electron chi connectivity index (χ2n) is 5.60. The van der Waals surface area contributed by atoms with Crippen molar-refractivity contribution in [2.24, 2.45) is 0 Å². The second kappa shape index (κ2) is 8.32. The first kappa shape index (κ1) is 17.0. The second-order valence-corrected chi connectivity index (χ2v) is 6.04. The predicted octanol–water partition coefficient (Wildman–Crippen LogP) is 3.21. The third kappa shape index (κ3) is 5.13. The third-order valence-corrected chi connectivity index (χ3v) is 3.77. The lowest BCUT2D eigenvalue weighted by Crippen LogP contribution is -2.50. The normalized spacial score (nSPS) is 21.2. The van der Waals surface area contributed by atoms with Crippen molar-refractivity contribution < 1.29 is 14.3 Å². The first-order chi connectivity index (χ1) is 10.6.